The van der Waals surface area contributed by atoms with Gasteiger partial charge in [-0.3, -0.25) is 0 Å². The first kappa shape index (κ1) is 16.3. The van der Waals surface area contributed by atoms with Crippen LogP contribution in [0.5, 0.6) is 5.75 Å². The average molecular weight is 373 g/mol. The lowest BCUT2D eigenvalue weighted by Gasteiger charge is -2.10. The van der Waals surface area contributed by atoms with E-state index in [1.807, 2.05) is 31.2 Å². The van der Waals surface area contributed by atoms with Gasteiger partial charge in [-0.2, -0.15) is 0 Å². The Morgan fingerprint density at radius 1 is 1.24 bits per heavy atom. The van der Waals surface area contributed by atoms with Gasteiger partial charge in [-0.15, -0.1) is 0 Å². The molecule has 112 valence electrons. The first-order valence-corrected chi connectivity index (χ1v) is 7.82. The Hall–Kier alpha value is -1.10. The topological polar surface area (TPSA) is 21.3 Å². The van der Waals surface area contributed by atoms with Crippen molar-refractivity contribution >= 4 is 27.5 Å². The third-order valence-electron chi connectivity index (χ3n) is 2.92. The monoisotopic (exact) mass is 371 g/mol. The van der Waals surface area contributed by atoms with Gasteiger partial charge in [-0.25, -0.2) is 4.39 Å². The van der Waals surface area contributed by atoms with Crippen molar-refractivity contribution in [3.05, 3.63) is 62.8 Å². The fourth-order valence-corrected chi connectivity index (χ4v) is 2.60. The molecule has 0 spiro atoms. The van der Waals surface area contributed by atoms with E-state index >= 15 is 0 Å². The van der Waals surface area contributed by atoms with E-state index in [1.54, 1.807) is 0 Å². The van der Waals surface area contributed by atoms with Gasteiger partial charge in [0, 0.05) is 27.7 Å². The van der Waals surface area contributed by atoms with E-state index in [-0.39, 0.29) is 5.82 Å². The summed E-state index contributed by atoms with van der Waals surface area (Å²) in [6.45, 7) is 3.76. The highest BCUT2D eigenvalue weighted by molar-refractivity contribution is 9.10. The largest absolute Gasteiger partial charge is 0.489 e. The van der Waals surface area contributed by atoms with Crippen LogP contribution in [0.2, 0.25) is 5.02 Å². The molecule has 1 N–H and O–H groups in total. The SMILES string of the molecule is CCNCc1cc(F)cc(OCc2ccc(Br)cc2Cl)c1. The van der Waals surface area contributed by atoms with Crippen LogP contribution in [0.15, 0.2) is 40.9 Å². The number of nitrogens with one attached hydrogen (secondary N) is 1. The van der Waals surface area contributed by atoms with Crippen molar-refractivity contribution in [3.63, 3.8) is 0 Å². The molecule has 0 unspecified atom stereocenters. The zero-order valence-electron chi connectivity index (χ0n) is 11.6. The minimum Gasteiger partial charge on any atom is -0.489 e. The fraction of sp³-hybridized carbons (Fsp3) is 0.250. The maximum absolute atomic E-state index is 13.6. The van der Waals surface area contributed by atoms with Crippen LogP contribution in [-0.2, 0) is 13.2 Å². The van der Waals surface area contributed by atoms with E-state index in [0.717, 1.165) is 22.1 Å². The number of rotatable bonds is 6. The van der Waals surface area contributed by atoms with Crippen molar-refractivity contribution < 1.29 is 9.13 Å². The van der Waals surface area contributed by atoms with Gasteiger partial charge in [-0.05, 0) is 36.4 Å². The van der Waals surface area contributed by atoms with Crippen LogP contribution in [0.4, 0.5) is 4.39 Å². The molecular formula is C16H16BrClFNO. The van der Waals surface area contributed by atoms with Crippen molar-refractivity contribution in [2.75, 3.05) is 6.54 Å². The summed E-state index contributed by atoms with van der Waals surface area (Å²) in [4.78, 5) is 0. The summed E-state index contributed by atoms with van der Waals surface area (Å²) < 4.78 is 20.1. The first-order chi connectivity index (χ1) is 10.1. The third-order valence-corrected chi connectivity index (χ3v) is 3.76. The molecule has 0 aliphatic carbocycles. The molecule has 0 aliphatic rings. The molecule has 0 radical (unpaired) electrons. The van der Waals surface area contributed by atoms with Crippen LogP contribution >= 0.6 is 27.5 Å². The molecule has 0 bridgehead atoms. The number of benzene rings is 2. The molecule has 2 rings (SSSR count). The van der Waals surface area contributed by atoms with Gasteiger partial charge in [0.05, 0.1) is 0 Å². The maximum Gasteiger partial charge on any atom is 0.127 e. The van der Waals surface area contributed by atoms with Gasteiger partial charge in [0.1, 0.15) is 18.2 Å². The molecule has 0 fully saturated rings. The Kier molecular flexibility index (Phi) is 6.03. The first-order valence-electron chi connectivity index (χ1n) is 6.65. The summed E-state index contributed by atoms with van der Waals surface area (Å²) in [6, 6.07) is 10.3. The van der Waals surface area contributed by atoms with E-state index in [0.29, 0.717) is 23.9 Å². The van der Waals surface area contributed by atoms with Crippen molar-refractivity contribution in [1.29, 1.82) is 0 Å². The van der Waals surface area contributed by atoms with E-state index in [4.69, 9.17) is 16.3 Å². The minimum atomic E-state index is -0.303. The maximum atomic E-state index is 13.6. The van der Waals surface area contributed by atoms with Gasteiger partial charge < -0.3 is 10.1 Å². The molecule has 0 saturated carbocycles. The zero-order valence-corrected chi connectivity index (χ0v) is 14.0. The van der Waals surface area contributed by atoms with Gasteiger partial charge in [0.25, 0.3) is 0 Å². The molecule has 21 heavy (non-hydrogen) atoms. The highest BCUT2D eigenvalue weighted by Crippen LogP contribution is 2.24. The second-order valence-electron chi connectivity index (χ2n) is 4.60. The predicted molar refractivity (Wildman–Crippen MR) is 87.3 cm³/mol. The lowest BCUT2D eigenvalue weighted by molar-refractivity contribution is 0.304. The molecule has 0 aromatic heterocycles. The molecule has 0 aliphatic heterocycles. The summed E-state index contributed by atoms with van der Waals surface area (Å²) in [5.41, 5.74) is 1.71. The number of hydrogen-bond acceptors (Lipinski definition) is 2. The summed E-state index contributed by atoms with van der Waals surface area (Å²) in [5.74, 6) is 0.198. The molecular weight excluding hydrogens is 357 g/mol. The highest BCUT2D eigenvalue weighted by Gasteiger charge is 2.05. The lowest BCUT2D eigenvalue weighted by Crippen LogP contribution is -2.12. The van der Waals surface area contributed by atoms with Gasteiger partial charge in [0.2, 0.25) is 0 Å². The predicted octanol–water partition coefficient (Wildman–Crippen LogP) is 4.93. The Bertz CT molecular complexity index is 621. The average Bonchev–Trinajstić information content (AvgIpc) is 2.43. The van der Waals surface area contributed by atoms with Crippen molar-refractivity contribution in [2.45, 2.75) is 20.1 Å². The quantitative estimate of drug-likeness (QED) is 0.776. The van der Waals surface area contributed by atoms with Gasteiger partial charge in [0.15, 0.2) is 0 Å². The second kappa shape index (κ2) is 7.78. The number of ether oxygens (including phenoxy) is 1. The van der Waals surface area contributed by atoms with Crippen molar-refractivity contribution in [3.8, 4) is 5.75 Å². The van der Waals surface area contributed by atoms with E-state index in [2.05, 4.69) is 21.2 Å². The fourth-order valence-electron chi connectivity index (χ4n) is 1.88. The molecule has 0 heterocycles. The van der Waals surface area contributed by atoms with E-state index in [9.17, 15) is 4.39 Å². The van der Waals surface area contributed by atoms with Gasteiger partial charge in [-0.1, -0.05) is 40.5 Å². The van der Waals surface area contributed by atoms with Crippen LogP contribution in [-0.4, -0.2) is 6.54 Å². The minimum absolute atomic E-state index is 0.302. The van der Waals surface area contributed by atoms with Crippen LogP contribution in [0.1, 0.15) is 18.1 Å². The van der Waals surface area contributed by atoms with Crippen LogP contribution in [0.25, 0.3) is 0 Å². The molecule has 2 aromatic carbocycles. The highest BCUT2D eigenvalue weighted by atomic mass is 79.9. The van der Waals surface area contributed by atoms with Gasteiger partial charge >= 0.3 is 0 Å². The summed E-state index contributed by atoms with van der Waals surface area (Å²) in [5, 5.41) is 3.78. The van der Waals surface area contributed by atoms with E-state index < -0.39 is 0 Å². The second-order valence-corrected chi connectivity index (χ2v) is 5.92. The smallest absolute Gasteiger partial charge is 0.127 e. The van der Waals surface area contributed by atoms with Crippen LogP contribution in [0, 0.1) is 5.82 Å². The Morgan fingerprint density at radius 3 is 2.76 bits per heavy atom. The van der Waals surface area contributed by atoms with Crippen molar-refractivity contribution in [2.24, 2.45) is 0 Å². The van der Waals surface area contributed by atoms with Crippen LogP contribution < -0.4 is 10.1 Å². The summed E-state index contributed by atoms with van der Waals surface area (Å²) >= 11 is 9.49. The zero-order chi connectivity index (χ0) is 15.2. The molecule has 2 nitrogen and oxygen atoms in total. The lowest BCUT2D eigenvalue weighted by atomic mass is 10.2. The standard InChI is InChI=1S/C16H16BrClFNO/c1-2-20-9-11-5-14(19)8-15(6-11)21-10-12-3-4-13(17)7-16(12)18/h3-8,20H,2,9-10H2,1H3. The van der Waals surface area contributed by atoms with Crippen LogP contribution in [0.3, 0.4) is 0 Å². The summed E-state index contributed by atoms with van der Waals surface area (Å²) in [6.07, 6.45) is 0. The van der Waals surface area contributed by atoms with Crippen molar-refractivity contribution in [1.82, 2.24) is 5.32 Å². The number of halogens is 3. The molecule has 2 aromatic rings. The molecule has 0 amide bonds. The molecule has 0 atom stereocenters. The Balaban J connectivity index is 2.07. The third kappa shape index (κ3) is 4.99. The Morgan fingerprint density at radius 2 is 2.05 bits per heavy atom. The molecule has 0 saturated heterocycles. The van der Waals surface area contributed by atoms with E-state index in [1.165, 1.54) is 12.1 Å². The number of hydrogen-bond donors (Lipinski definition) is 1. The molecule has 5 heteroatoms. The Labute approximate surface area is 137 Å². The summed E-state index contributed by atoms with van der Waals surface area (Å²) in [7, 11) is 0. The normalized spacial score (nSPS) is 10.7.